The van der Waals surface area contributed by atoms with Crippen LogP contribution in [0, 0.1) is 71.0 Å². The first-order valence-electron chi connectivity index (χ1n) is 35.7. The van der Waals surface area contributed by atoms with E-state index in [-0.39, 0.29) is 79.3 Å². The summed E-state index contributed by atoms with van der Waals surface area (Å²) in [5, 5.41) is 24.0. The lowest BCUT2D eigenvalue weighted by Gasteiger charge is -2.36. The largest absolute Gasteiger partial charge is 0.444 e. The molecule has 8 amide bonds. The molecule has 3 saturated carbocycles. The molecule has 3 aromatic rings. The van der Waals surface area contributed by atoms with Crippen LogP contribution in [0.2, 0.25) is 0 Å². The molecule has 0 radical (unpaired) electrons. The number of alkyl carbamates (subject to hydrolysis) is 3. The van der Waals surface area contributed by atoms with Gasteiger partial charge in [0.05, 0.1) is 18.1 Å². The summed E-state index contributed by atoms with van der Waals surface area (Å²) in [5.41, 5.74) is 0.291. The third-order valence-corrected chi connectivity index (χ3v) is 20.2. The number of benzene rings is 3. The third-order valence-electron chi connectivity index (χ3n) is 20.2. The Kier molecular flexibility index (Phi) is 28.3. The lowest BCUT2D eigenvalue weighted by molar-refractivity contribution is -0.130. The fourth-order valence-corrected chi connectivity index (χ4v) is 14.7. The van der Waals surface area contributed by atoms with Gasteiger partial charge >= 0.3 is 18.3 Å². The van der Waals surface area contributed by atoms with E-state index in [1.807, 2.05) is 66.7 Å². The van der Waals surface area contributed by atoms with Gasteiger partial charge in [-0.1, -0.05) is 154 Å². The van der Waals surface area contributed by atoms with Crippen molar-refractivity contribution >= 4 is 47.8 Å². The quantitative estimate of drug-likeness (QED) is 0.0333. The molecule has 3 aliphatic rings. The number of carbonyl (C=O) groups excluding carboxylic acids is 8. The average molecular weight is 1330 g/mol. The highest BCUT2D eigenvalue weighted by Crippen LogP contribution is 2.41. The number of ether oxygens (including phenoxy) is 3. The van der Waals surface area contributed by atoms with Crippen molar-refractivity contribution < 1.29 is 52.6 Å². The van der Waals surface area contributed by atoms with Crippen LogP contribution in [-0.4, -0.2) is 90.7 Å². The molecular formula is C77H118N8O11. The number of hydrogen-bond acceptors (Lipinski definition) is 11. The van der Waals surface area contributed by atoms with Crippen molar-refractivity contribution in [2.24, 2.45) is 71.0 Å². The van der Waals surface area contributed by atoms with E-state index >= 15 is 0 Å². The number of amides is 8. The second-order valence-corrected chi connectivity index (χ2v) is 31.6. The molecule has 0 saturated heterocycles. The van der Waals surface area contributed by atoms with Crippen LogP contribution in [0.5, 0.6) is 0 Å². The van der Waals surface area contributed by atoms with Crippen molar-refractivity contribution in [3.63, 3.8) is 0 Å². The molecule has 3 fully saturated rings. The van der Waals surface area contributed by atoms with Gasteiger partial charge in [0, 0.05) is 43.8 Å². The molecule has 14 atom stereocenters. The number of nitrogens with one attached hydrogen (secondary N) is 8. The molecule has 0 spiro atoms. The van der Waals surface area contributed by atoms with Crippen molar-refractivity contribution in [1.82, 2.24) is 42.5 Å². The molecule has 0 unspecified atom stereocenters. The Hall–Kier alpha value is -7.18. The van der Waals surface area contributed by atoms with E-state index in [9.17, 15) is 38.4 Å². The standard InChI is InChI=1S/C77H118N8O11/c1-45(2)58-33-30-48(7)36-61(58)69(88)78-42-64(54-25-20-19-21-26-54)83-67(86)51(10)81-72(91)95-76(15,16)41-53-24-22-27-55(39-53)65(43-79-70(89)62-37-49(8)31-34-59(62)46(3)4)84-68(87)52(11)82-73(92)96-77(17,18)57-29-23-28-56(40-57)66(85-74(93)94-75(12,13)14)44-80-71(90)63-38-50(9)32-35-60(63)47(5)6/h19-29,39-40,45-52,58-66H,30-38,41-44H2,1-18H3,(H,78,88)(H,79,89)(H,80,90)(H,81,91)(H,82,92)(H,83,86)(H,84,87)(H,85,93)/t48-,49-,50-,51-,52-,58+,59+,60+,61-,62-,63-,64+,65-,66-/m1/s1. The van der Waals surface area contributed by atoms with Crippen molar-refractivity contribution in [1.29, 1.82) is 0 Å². The van der Waals surface area contributed by atoms with E-state index in [2.05, 4.69) is 105 Å². The zero-order chi connectivity index (χ0) is 71.0. The summed E-state index contributed by atoms with van der Waals surface area (Å²) in [6, 6.07) is 19.9. The molecule has 3 aliphatic carbocycles. The van der Waals surface area contributed by atoms with E-state index in [1.54, 1.807) is 74.4 Å². The van der Waals surface area contributed by atoms with Crippen molar-refractivity contribution in [2.75, 3.05) is 19.6 Å². The normalized spacial score (nSPS) is 23.2. The highest BCUT2D eigenvalue weighted by Gasteiger charge is 2.40. The van der Waals surface area contributed by atoms with Crippen LogP contribution in [-0.2, 0) is 50.2 Å². The molecule has 532 valence electrons. The SMILES string of the molecule is CC(C)[C@@H]1CC[C@@H](C)C[C@H]1C(=O)NC[C@H](NC(=O)[C@@H](C)NC(=O)OC(C)(C)Cc1cccc([C@@H](CNC(=O)[C@@H]2C[C@H](C)CC[C@H]2C(C)C)NC(=O)[C@@H](C)NC(=O)OC(C)(C)c2cccc([C@@H](CNC(=O)[C@@H]3C[C@H](C)CC[C@H]3C(C)C)NC(=O)OC(C)(C)C)c2)c1)c1ccccc1. The lowest BCUT2D eigenvalue weighted by Crippen LogP contribution is -2.50. The van der Waals surface area contributed by atoms with Gasteiger partial charge in [-0.05, 0) is 188 Å². The minimum absolute atomic E-state index is 0.0101. The van der Waals surface area contributed by atoms with Crippen molar-refractivity contribution in [2.45, 2.75) is 236 Å². The zero-order valence-electron chi connectivity index (χ0n) is 61.0. The lowest BCUT2D eigenvalue weighted by atomic mass is 9.70. The molecule has 19 nitrogen and oxygen atoms in total. The van der Waals surface area contributed by atoms with Crippen LogP contribution in [0.1, 0.15) is 228 Å². The van der Waals surface area contributed by atoms with E-state index in [0.717, 1.165) is 68.9 Å². The van der Waals surface area contributed by atoms with Gasteiger partial charge in [-0.25, -0.2) is 14.4 Å². The fraction of sp³-hybridized carbons (Fsp3) is 0.662. The smallest absolute Gasteiger partial charge is 0.408 e. The van der Waals surface area contributed by atoms with Gasteiger partial charge in [0.2, 0.25) is 29.5 Å². The molecule has 6 rings (SSSR count). The Balaban J connectivity index is 1.13. The summed E-state index contributed by atoms with van der Waals surface area (Å²) >= 11 is 0. The van der Waals surface area contributed by atoms with Crippen LogP contribution in [0.15, 0.2) is 78.9 Å². The van der Waals surface area contributed by atoms with Crippen LogP contribution in [0.4, 0.5) is 14.4 Å². The summed E-state index contributed by atoms with van der Waals surface area (Å²) in [5.74, 6) is 1.37. The highest BCUT2D eigenvalue weighted by molar-refractivity contribution is 5.87. The molecule has 3 aromatic carbocycles. The number of hydrogen-bond donors (Lipinski definition) is 8. The van der Waals surface area contributed by atoms with Gasteiger partial charge in [0.15, 0.2) is 0 Å². The first-order valence-corrected chi connectivity index (χ1v) is 35.7. The van der Waals surface area contributed by atoms with Gasteiger partial charge in [0.25, 0.3) is 0 Å². The van der Waals surface area contributed by atoms with Gasteiger partial charge < -0.3 is 56.7 Å². The van der Waals surface area contributed by atoms with Gasteiger partial charge in [-0.3, -0.25) is 24.0 Å². The van der Waals surface area contributed by atoms with Crippen LogP contribution >= 0.6 is 0 Å². The first kappa shape index (κ1) is 77.8. The second kappa shape index (κ2) is 34.9. The molecule has 96 heavy (non-hydrogen) atoms. The van der Waals surface area contributed by atoms with E-state index in [0.29, 0.717) is 52.2 Å². The summed E-state index contributed by atoms with van der Waals surface area (Å²) in [6.45, 7) is 35.2. The zero-order valence-corrected chi connectivity index (χ0v) is 61.0. The van der Waals surface area contributed by atoms with Crippen molar-refractivity contribution in [3.05, 3.63) is 107 Å². The van der Waals surface area contributed by atoms with Crippen molar-refractivity contribution in [3.8, 4) is 0 Å². The first-order chi connectivity index (χ1) is 45.0. The van der Waals surface area contributed by atoms with Gasteiger partial charge in [-0.15, -0.1) is 0 Å². The molecule has 19 heteroatoms. The Morgan fingerprint density at radius 3 is 1.23 bits per heavy atom. The van der Waals surface area contributed by atoms with E-state index in [1.165, 1.54) is 0 Å². The van der Waals surface area contributed by atoms with Crippen LogP contribution < -0.4 is 42.5 Å². The van der Waals surface area contributed by atoms with E-state index in [4.69, 9.17) is 14.2 Å². The Morgan fingerprint density at radius 2 is 0.802 bits per heavy atom. The Bertz CT molecular complexity index is 3090. The maximum Gasteiger partial charge on any atom is 0.408 e. The highest BCUT2D eigenvalue weighted by atomic mass is 16.6. The summed E-state index contributed by atoms with van der Waals surface area (Å²) in [7, 11) is 0. The molecule has 0 heterocycles. The summed E-state index contributed by atoms with van der Waals surface area (Å²) < 4.78 is 17.7. The van der Waals surface area contributed by atoms with Gasteiger partial charge in [0.1, 0.15) is 28.9 Å². The minimum atomic E-state index is -1.26. The predicted octanol–water partition coefficient (Wildman–Crippen LogP) is 13.2. The minimum Gasteiger partial charge on any atom is -0.444 e. The number of carbonyl (C=O) groups is 8. The molecule has 0 bridgehead atoms. The number of rotatable bonds is 27. The molecule has 0 aromatic heterocycles. The predicted molar refractivity (Wildman–Crippen MR) is 376 cm³/mol. The fourth-order valence-electron chi connectivity index (χ4n) is 14.7. The Morgan fingerprint density at radius 1 is 0.427 bits per heavy atom. The second-order valence-electron chi connectivity index (χ2n) is 31.6. The van der Waals surface area contributed by atoms with Crippen LogP contribution in [0.3, 0.4) is 0 Å². The monoisotopic (exact) mass is 1330 g/mol. The molecule has 8 N–H and O–H groups in total. The Labute approximate surface area is 573 Å². The molecular weight excluding hydrogens is 1210 g/mol. The van der Waals surface area contributed by atoms with E-state index < -0.39 is 77.1 Å². The third kappa shape index (κ3) is 23.5. The molecule has 0 aliphatic heterocycles. The average Bonchev–Trinajstić information content (AvgIpc) is 0.842. The summed E-state index contributed by atoms with van der Waals surface area (Å²) in [6.07, 6.45) is 6.43. The van der Waals surface area contributed by atoms with Gasteiger partial charge in [-0.2, -0.15) is 0 Å². The topological polar surface area (TPSA) is 260 Å². The maximum absolute atomic E-state index is 14.4. The van der Waals surface area contributed by atoms with Crippen LogP contribution in [0.25, 0.3) is 0 Å². The summed E-state index contributed by atoms with van der Waals surface area (Å²) in [4.78, 5) is 111. The maximum atomic E-state index is 14.4.